The van der Waals surface area contributed by atoms with Crippen molar-refractivity contribution in [1.82, 2.24) is 35.1 Å². The lowest BCUT2D eigenvalue weighted by Gasteiger charge is -2.33. The molecule has 0 unspecified atom stereocenters. The van der Waals surface area contributed by atoms with Gasteiger partial charge in [-0.25, -0.2) is 4.98 Å². The van der Waals surface area contributed by atoms with Gasteiger partial charge >= 0.3 is 6.18 Å². The molecule has 1 aliphatic heterocycles. The summed E-state index contributed by atoms with van der Waals surface area (Å²) in [5.41, 5.74) is 0.308. The quantitative estimate of drug-likeness (QED) is 0.608. The molecule has 3 aromatic rings. The first-order chi connectivity index (χ1) is 15.3. The minimum Gasteiger partial charge on any atom is -0.471 e. The van der Waals surface area contributed by atoms with E-state index in [1.54, 1.807) is 24.0 Å². The Bertz CT molecular complexity index is 1140. The number of carbonyl (C=O) groups excluding carboxylic acids is 1. The number of halogens is 3. The lowest BCUT2D eigenvalue weighted by Crippen LogP contribution is -2.47. The number of ether oxygens (including phenoxy) is 1. The van der Waals surface area contributed by atoms with Crippen molar-refractivity contribution in [3.05, 3.63) is 53.7 Å². The van der Waals surface area contributed by atoms with Crippen LogP contribution >= 0.6 is 0 Å². The molecule has 12 heteroatoms. The molecule has 0 aromatic carbocycles. The van der Waals surface area contributed by atoms with Crippen LogP contribution in [0.3, 0.4) is 0 Å². The third-order valence-electron chi connectivity index (χ3n) is 5.74. The molecule has 0 radical (unpaired) electrons. The number of pyridine rings is 1. The number of fused-ring (bicyclic) bond motifs is 2. The topological polar surface area (TPSA) is 98.9 Å². The summed E-state index contributed by atoms with van der Waals surface area (Å²) >= 11 is 0. The second-order valence-electron chi connectivity index (χ2n) is 7.91. The Kier molecular flexibility index (Phi) is 4.79. The molecule has 32 heavy (non-hydrogen) atoms. The molecule has 3 aromatic heterocycles. The van der Waals surface area contributed by atoms with Crippen molar-refractivity contribution in [2.24, 2.45) is 5.92 Å². The van der Waals surface area contributed by atoms with E-state index in [4.69, 9.17) is 4.74 Å². The third-order valence-corrected chi connectivity index (χ3v) is 5.74. The van der Waals surface area contributed by atoms with Crippen LogP contribution in [0.2, 0.25) is 0 Å². The molecule has 4 heterocycles. The summed E-state index contributed by atoms with van der Waals surface area (Å²) in [5.74, 6) is -0.0363. The highest BCUT2D eigenvalue weighted by Gasteiger charge is 2.49. The second-order valence-corrected chi connectivity index (χ2v) is 7.91. The summed E-state index contributed by atoms with van der Waals surface area (Å²) in [6.07, 6.45) is -0.498. The van der Waals surface area contributed by atoms with Crippen LogP contribution < -0.4 is 4.74 Å². The fraction of sp³-hybridized carbons (Fsp3) is 0.400. The standard InChI is InChI=1S/C20H18F3N7O2/c1-11-2-3-13(30-24-6-7-25-30)18(26-11)19(31)29-10-12-8-14(29)15(9-12)32-17-5-4-16(27-28-17)20(21,22)23/h2-7,12,14-15H,8-10H2,1H3/t12-,14+,15-/m1/s1. The number of rotatable bonds is 4. The summed E-state index contributed by atoms with van der Waals surface area (Å²) in [6.45, 7) is 2.35. The van der Waals surface area contributed by atoms with E-state index >= 15 is 0 Å². The monoisotopic (exact) mass is 445 g/mol. The largest absolute Gasteiger partial charge is 0.471 e. The van der Waals surface area contributed by atoms with Crippen LogP contribution in [0.25, 0.3) is 5.69 Å². The van der Waals surface area contributed by atoms with Crippen molar-refractivity contribution >= 4 is 5.91 Å². The van der Waals surface area contributed by atoms with E-state index in [-0.39, 0.29) is 35.5 Å². The lowest BCUT2D eigenvalue weighted by atomic mass is 10.1. The maximum Gasteiger partial charge on any atom is 0.435 e. The van der Waals surface area contributed by atoms with Crippen LogP contribution in [0.5, 0.6) is 5.88 Å². The molecule has 2 fully saturated rings. The molecule has 1 amide bonds. The molecule has 1 saturated carbocycles. The highest BCUT2D eigenvalue weighted by molar-refractivity contribution is 5.96. The Hall–Kier alpha value is -3.57. The van der Waals surface area contributed by atoms with Crippen molar-refractivity contribution in [1.29, 1.82) is 0 Å². The summed E-state index contributed by atoms with van der Waals surface area (Å²) in [7, 11) is 0. The maximum absolute atomic E-state index is 13.4. The summed E-state index contributed by atoms with van der Waals surface area (Å²) in [6, 6.07) is 5.27. The van der Waals surface area contributed by atoms with Gasteiger partial charge in [0.15, 0.2) is 11.4 Å². The number of aryl methyl sites for hydroxylation is 1. The molecular weight excluding hydrogens is 427 g/mol. The summed E-state index contributed by atoms with van der Waals surface area (Å²) in [4.78, 5) is 20.9. The van der Waals surface area contributed by atoms with Crippen molar-refractivity contribution < 1.29 is 22.7 Å². The van der Waals surface area contributed by atoms with Crippen molar-refractivity contribution in [2.45, 2.75) is 38.1 Å². The zero-order chi connectivity index (χ0) is 22.5. The number of amides is 1. The van der Waals surface area contributed by atoms with Crippen LogP contribution in [-0.4, -0.2) is 59.7 Å². The third kappa shape index (κ3) is 3.65. The molecule has 1 aliphatic carbocycles. The van der Waals surface area contributed by atoms with E-state index < -0.39 is 11.9 Å². The van der Waals surface area contributed by atoms with Crippen molar-refractivity contribution in [3.8, 4) is 11.6 Å². The van der Waals surface area contributed by atoms with Gasteiger partial charge in [0.25, 0.3) is 5.91 Å². The van der Waals surface area contributed by atoms with E-state index in [1.807, 2.05) is 0 Å². The van der Waals surface area contributed by atoms with Gasteiger partial charge < -0.3 is 9.64 Å². The minimum atomic E-state index is -4.57. The van der Waals surface area contributed by atoms with E-state index in [0.29, 0.717) is 24.3 Å². The van der Waals surface area contributed by atoms with Gasteiger partial charge in [0, 0.05) is 18.3 Å². The second kappa shape index (κ2) is 7.53. The highest BCUT2D eigenvalue weighted by Crippen LogP contribution is 2.40. The zero-order valence-corrected chi connectivity index (χ0v) is 16.9. The number of hydrogen-bond donors (Lipinski definition) is 0. The van der Waals surface area contributed by atoms with Gasteiger partial charge in [-0.15, -0.1) is 15.0 Å². The molecule has 9 nitrogen and oxygen atoms in total. The molecule has 5 rings (SSSR count). The molecule has 3 atom stereocenters. The van der Waals surface area contributed by atoms with Crippen LogP contribution in [0.15, 0.2) is 36.7 Å². The average molecular weight is 445 g/mol. The van der Waals surface area contributed by atoms with E-state index in [9.17, 15) is 18.0 Å². The molecular formula is C20H18F3N7O2. The number of carbonyl (C=O) groups is 1. The van der Waals surface area contributed by atoms with Crippen LogP contribution in [0.1, 0.15) is 34.7 Å². The van der Waals surface area contributed by atoms with Crippen LogP contribution in [0, 0.1) is 12.8 Å². The van der Waals surface area contributed by atoms with Gasteiger partial charge in [-0.3, -0.25) is 4.79 Å². The smallest absolute Gasteiger partial charge is 0.435 e. The van der Waals surface area contributed by atoms with Gasteiger partial charge in [-0.05, 0) is 43.9 Å². The van der Waals surface area contributed by atoms with E-state index in [2.05, 4.69) is 25.4 Å². The molecule has 0 spiro atoms. The molecule has 0 N–H and O–H groups in total. The number of piperidine rings is 1. The first-order valence-corrected chi connectivity index (χ1v) is 10.0. The summed E-state index contributed by atoms with van der Waals surface area (Å²) < 4.78 is 44.0. The number of alkyl halides is 3. The first kappa shape index (κ1) is 20.3. The summed E-state index contributed by atoms with van der Waals surface area (Å²) in [5, 5.41) is 15.0. The average Bonchev–Trinajstić information content (AvgIpc) is 3.50. The number of aromatic nitrogens is 6. The van der Waals surface area contributed by atoms with Gasteiger partial charge in [0.1, 0.15) is 11.8 Å². The fourth-order valence-corrected chi connectivity index (χ4v) is 4.36. The molecule has 2 bridgehead atoms. The lowest BCUT2D eigenvalue weighted by molar-refractivity contribution is -0.141. The Morgan fingerprint density at radius 3 is 2.53 bits per heavy atom. The van der Waals surface area contributed by atoms with Crippen molar-refractivity contribution in [3.63, 3.8) is 0 Å². The predicted octanol–water partition coefficient (Wildman–Crippen LogP) is 2.46. The Balaban J connectivity index is 1.37. The number of hydrogen-bond acceptors (Lipinski definition) is 7. The normalized spacial score (nSPS) is 22.4. The van der Waals surface area contributed by atoms with E-state index in [1.165, 1.54) is 17.2 Å². The van der Waals surface area contributed by atoms with Gasteiger partial charge in [0.2, 0.25) is 5.88 Å². The number of likely N-dealkylation sites (tertiary alicyclic amines) is 1. The fourth-order valence-electron chi connectivity index (χ4n) is 4.36. The van der Waals surface area contributed by atoms with Crippen LogP contribution in [0.4, 0.5) is 13.2 Å². The highest BCUT2D eigenvalue weighted by atomic mass is 19.4. The first-order valence-electron chi connectivity index (χ1n) is 10.0. The predicted molar refractivity (Wildman–Crippen MR) is 103 cm³/mol. The van der Waals surface area contributed by atoms with Gasteiger partial charge in [0.05, 0.1) is 18.4 Å². The zero-order valence-electron chi connectivity index (χ0n) is 16.9. The maximum atomic E-state index is 13.4. The van der Waals surface area contributed by atoms with Gasteiger partial charge in [-0.1, -0.05) is 0 Å². The Morgan fingerprint density at radius 1 is 1.09 bits per heavy atom. The molecule has 2 aliphatic rings. The Labute approximate surface area is 180 Å². The minimum absolute atomic E-state index is 0.00180. The SMILES string of the molecule is Cc1ccc(-n2nccn2)c(C(=O)N2C[C@H]3C[C@@H](Oc4ccc(C(F)(F)F)nn4)[C@@H]2C3)n1. The van der Waals surface area contributed by atoms with Gasteiger partial charge in [-0.2, -0.15) is 23.4 Å². The molecule has 1 saturated heterocycles. The number of nitrogens with zero attached hydrogens (tertiary/aromatic N) is 7. The Morgan fingerprint density at radius 2 is 1.88 bits per heavy atom. The van der Waals surface area contributed by atoms with E-state index in [0.717, 1.165) is 18.6 Å². The molecule has 166 valence electrons. The van der Waals surface area contributed by atoms with Crippen molar-refractivity contribution in [2.75, 3.05) is 6.54 Å². The van der Waals surface area contributed by atoms with Crippen LogP contribution in [-0.2, 0) is 6.18 Å².